The van der Waals surface area contributed by atoms with Gasteiger partial charge in [-0.3, -0.25) is 4.79 Å². The molecule has 0 bridgehead atoms. The van der Waals surface area contributed by atoms with E-state index in [4.69, 9.17) is 5.11 Å². The molecular formula is C16H22N2O2. The number of nitrogens with one attached hydrogen (secondary N) is 2. The van der Waals surface area contributed by atoms with Gasteiger partial charge in [0.2, 0.25) is 0 Å². The first kappa shape index (κ1) is 13.6. The van der Waals surface area contributed by atoms with Gasteiger partial charge in [-0.2, -0.15) is 0 Å². The van der Waals surface area contributed by atoms with Crippen LogP contribution in [-0.2, 0) is 13.0 Å². The lowest BCUT2D eigenvalue weighted by Crippen LogP contribution is -2.31. The Balaban J connectivity index is 1.62. The zero-order valence-electron chi connectivity index (χ0n) is 11.7. The van der Waals surface area contributed by atoms with E-state index in [0.29, 0.717) is 6.54 Å². The summed E-state index contributed by atoms with van der Waals surface area (Å²) < 4.78 is 0. The topological polar surface area (TPSA) is 61.4 Å². The molecule has 1 saturated carbocycles. The fourth-order valence-electron chi connectivity index (χ4n) is 2.92. The number of hydrogen-bond donors (Lipinski definition) is 3. The highest BCUT2D eigenvalue weighted by atomic mass is 16.3. The molecule has 1 fully saturated rings. The number of carbonyl (C=O) groups is 1. The van der Waals surface area contributed by atoms with Crippen LogP contribution in [0.5, 0.6) is 0 Å². The predicted octanol–water partition coefficient (Wildman–Crippen LogP) is 1.22. The molecule has 2 aliphatic rings. The van der Waals surface area contributed by atoms with Gasteiger partial charge < -0.3 is 15.7 Å². The number of amides is 1. The van der Waals surface area contributed by atoms with Gasteiger partial charge in [-0.15, -0.1) is 0 Å². The summed E-state index contributed by atoms with van der Waals surface area (Å²) in [6.45, 7) is 2.76. The maximum atomic E-state index is 12.2. The monoisotopic (exact) mass is 274 g/mol. The summed E-state index contributed by atoms with van der Waals surface area (Å²) in [6.07, 6.45) is 4.06. The van der Waals surface area contributed by atoms with Crippen molar-refractivity contribution in [2.75, 3.05) is 19.7 Å². The third-order valence-electron chi connectivity index (χ3n) is 4.58. The lowest BCUT2D eigenvalue weighted by Gasteiger charge is -2.18. The normalized spacial score (nSPS) is 19.2. The molecule has 0 radical (unpaired) electrons. The molecule has 1 aromatic rings. The molecule has 4 heteroatoms. The molecule has 1 aliphatic carbocycles. The summed E-state index contributed by atoms with van der Waals surface area (Å²) in [5.74, 6) is 0.00240. The fourth-order valence-corrected chi connectivity index (χ4v) is 2.92. The minimum Gasteiger partial charge on any atom is -0.396 e. The first-order chi connectivity index (χ1) is 9.72. The maximum absolute atomic E-state index is 12.2. The van der Waals surface area contributed by atoms with Crippen LogP contribution in [0.1, 0.15) is 40.7 Å². The lowest BCUT2D eigenvalue weighted by molar-refractivity contribution is 0.0940. The molecule has 3 N–H and O–H groups in total. The Morgan fingerprint density at radius 2 is 2.20 bits per heavy atom. The standard InChI is InChI=1S/C16H22N2O2/c19-8-6-16(4-5-16)11-18-15(20)13-2-1-12-3-7-17-10-14(12)9-13/h1-2,9,17,19H,3-8,10-11H2,(H,18,20). The van der Waals surface area contributed by atoms with Gasteiger partial charge in [0.15, 0.2) is 0 Å². The van der Waals surface area contributed by atoms with Crippen LogP contribution in [0.4, 0.5) is 0 Å². The Labute approximate surface area is 119 Å². The second-order valence-electron chi connectivity index (χ2n) is 6.07. The van der Waals surface area contributed by atoms with E-state index in [-0.39, 0.29) is 17.9 Å². The third-order valence-corrected chi connectivity index (χ3v) is 4.58. The Morgan fingerprint density at radius 1 is 1.35 bits per heavy atom. The second kappa shape index (κ2) is 5.54. The van der Waals surface area contributed by atoms with Gasteiger partial charge in [0.1, 0.15) is 0 Å². The number of aliphatic hydroxyl groups excluding tert-OH is 1. The summed E-state index contributed by atoms with van der Waals surface area (Å²) in [7, 11) is 0. The first-order valence-corrected chi connectivity index (χ1v) is 7.44. The van der Waals surface area contributed by atoms with Crippen molar-refractivity contribution in [3.05, 3.63) is 34.9 Å². The van der Waals surface area contributed by atoms with Gasteiger partial charge in [0.25, 0.3) is 5.91 Å². The number of hydrogen-bond acceptors (Lipinski definition) is 3. The van der Waals surface area contributed by atoms with Gasteiger partial charge >= 0.3 is 0 Å². The zero-order valence-corrected chi connectivity index (χ0v) is 11.7. The molecule has 1 amide bonds. The van der Waals surface area contributed by atoms with E-state index in [1.54, 1.807) is 0 Å². The van der Waals surface area contributed by atoms with Gasteiger partial charge in [0.05, 0.1) is 0 Å². The molecule has 0 aromatic heterocycles. The molecule has 1 aliphatic heterocycles. The number of fused-ring (bicyclic) bond motifs is 1. The molecule has 1 aromatic carbocycles. The van der Waals surface area contributed by atoms with Crippen LogP contribution in [0, 0.1) is 5.41 Å². The molecule has 0 spiro atoms. The highest BCUT2D eigenvalue weighted by Crippen LogP contribution is 2.47. The predicted molar refractivity (Wildman–Crippen MR) is 77.6 cm³/mol. The minimum atomic E-state index is 0.00240. The summed E-state index contributed by atoms with van der Waals surface area (Å²) in [5, 5.41) is 15.4. The van der Waals surface area contributed by atoms with Crippen molar-refractivity contribution in [2.24, 2.45) is 5.41 Å². The SMILES string of the molecule is O=C(NCC1(CCO)CC1)c1ccc2c(c1)CNCC2. The van der Waals surface area contributed by atoms with Crippen molar-refractivity contribution in [1.82, 2.24) is 10.6 Å². The van der Waals surface area contributed by atoms with Gasteiger partial charge in [-0.05, 0) is 60.9 Å². The number of benzene rings is 1. The molecular weight excluding hydrogens is 252 g/mol. The quantitative estimate of drug-likeness (QED) is 0.756. The fraction of sp³-hybridized carbons (Fsp3) is 0.562. The van der Waals surface area contributed by atoms with Crippen LogP contribution in [0.2, 0.25) is 0 Å². The Bertz CT molecular complexity index is 509. The molecule has 0 saturated heterocycles. The minimum absolute atomic E-state index is 0.00240. The summed E-state index contributed by atoms with van der Waals surface area (Å²) in [6, 6.07) is 6.00. The van der Waals surface area contributed by atoms with E-state index in [0.717, 1.165) is 44.3 Å². The molecule has 4 nitrogen and oxygen atoms in total. The Kier molecular flexibility index (Phi) is 3.76. The lowest BCUT2D eigenvalue weighted by atomic mass is 9.98. The van der Waals surface area contributed by atoms with Crippen molar-refractivity contribution in [1.29, 1.82) is 0 Å². The van der Waals surface area contributed by atoms with Gasteiger partial charge in [-0.25, -0.2) is 0 Å². The summed E-state index contributed by atoms with van der Waals surface area (Å²) in [5.41, 5.74) is 3.49. The van der Waals surface area contributed by atoms with Crippen LogP contribution in [0.15, 0.2) is 18.2 Å². The smallest absolute Gasteiger partial charge is 0.251 e. The van der Waals surface area contributed by atoms with Crippen molar-refractivity contribution in [3.63, 3.8) is 0 Å². The van der Waals surface area contributed by atoms with Crippen LogP contribution < -0.4 is 10.6 Å². The molecule has 1 heterocycles. The van der Waals surface area contributed by atoms with Crippen molar-refractivity contribution in [2.45, 2.75) is 32.2 Å². The number of carbonyl (C=O) groups excluding carboxylic acids is 1. The van der Waals surface area contributed by atoms with Gasteiger partial charge in [-0.1, -0.05) is 6.07 Å². The van der Waals surface area contributed by atoms with E-state index >= 15 is 0 Å². The highest BCUT2D eigenvalue weighted by Gasteiger charge is 2.41. The zero-order chi connectivity index (χ0) is 14.0. The van der Waals surface area contributed by atoms with Crippen molar-refractivity contribution < 1.29 is 9.90 Å². The highest BCUT2D eigenvalue weighted by molar-refractivity contribution is 5.94. The summed E-state index contributed by atoms with van der Waals surface area (Å²) >= 11 is 0. The van der Waals surface area contributed by atoms with E-state index in [1.807, 2.05) is 12.1 Å². The number of rotatable bonds is 5. The van der Waals surface area contributed by atoms with Crippen molar-refractivity contribution >= 4 is 5.91 Å². The molecule has 20 heavy (non-hydrogen) atoms. The van der Waals surface area contributed by atoms with E-state index < -0.39 is 0 Å². The number of aliphatic hydroxyl groups is 1. The average molecular weight is 274 g/mol. The second-order valence-corrected chi connectivity index (χ2v) is 6.07. The maximum Gasteiger partial charge on any atom is 0.251 e. The Morgan fingerprint density at radius 3 is 2.95 bits per heavy atom. The van der Waals surface area contributed by atoms with E-state index in [1.165, 1.54) is 11.1 Å². The first-order valence-electron chi connectivity index (χ1n) is 7.44. The molecule has 0 atom stereocenters. The van der Waals surface area contributed by atoms with Crippen LogP contribution in [0.25, 0.3) is 0 Å². The molecule has 3 rings (SSSR count). The molecule has 108 valence electrons. The molecule has 0 unspecified atom stereocenters. The summed E-state index contributed by atoms with van der Waals surface area (Å²) in [4.78, 5) is 12.2. The van der Waals surface area contributed by atoms with Crippen LogP contribution in [0.3, 0.4) is 0 Å². The third kappa shape index (κ3) is 2.86. The van der Waals surface area contributed by atoms with Crippen molar-refractivity contribution in [3.8, 4) is 0 Å². The van der Waals surface area contributed by atoms with Crippen LogP contribution in [-0.4, -0.2) is 30.7 Å². The Hall–Kier alpha value is -1.39. The van der Waals surface area contributed by atoms with Crippen LogP contribution >= 0.6 is 0 Å². The largest absolute Gasteiger partial charge is 0.396 e. The van der Waals surface area contributed by atoms with E-state index in [9.17, 15) is 4.79 Å². The average Bonchev–Trinajstić information content (AvgIpc) is 3.25. The van der Waals surface area contributed by atoms with Gasteiger partial charge in [0, 0.05) is 25.3 Å². The van der Waals surface area contributed by atoms with E-state index in [2.05, 4.69) is 16.7 Å².